The van der Waals surface area contributed by atoms with E-state index in [-0.39, 0.29) is 12.1 Å². The number of fused-ring (bicyclic) bond motifs is 1. The second-order valence-electron chi connectivity index (χ2n) is 5.25. The summed E-state index contributed by atoms with van der Waals surface area (Å²) in [5, 5.41) is 4.05. The fourth-order valence-corrected chi connectivity index (χ4v) is 3.05. The minimum absolute atomic E-state index is 0.181. The first kappa shape index (κ1) is 13.5. The summed E-state index contributed by atoms with van der Waals surface area (Å²) in [7, 11) is 1.98. The average Bonchev–Trinajstić information content (AvgIpc) is 2.48. The second kappa shape index (κ2) is 5.47. The first-order valence-electron chi connectivity index (χ1n) is 6.92. The summed E-state index contributed by atoms with van der Waals surface area (Å²) in [6.45, 7) is 2.08. The monoisotopic (exact) mass is 287 g/mol. The molecule has 2 nitrogen and oxygen atoms in total. The number of benzene rings is 2. The molecule has 2 aromatic carbocycles. The molecule has 0 aliphatic carbocycles. The zero-order valence-corrected chi connectivity index (χ0v) is 12.4. The van der Waals surface area contributed by atoms with Crippen LogP contribution in [0.3, 0.4) is 0 Å². The van der Waals surface area contributed by atoms with Crippen molar-refractivity contribution in [2.45, 2.75) is 25.5 Å². The minimum atomic E-state index is 0.181. The molecule has 104 valence electrons. The van der Waals surface area contributed by atoms with E-state index in [1.54, 1.807) is 0 Å². The molecule has 20 heavy (non-hydrogen) atoms. The van der Waals surface area contributed by atoms with Crippen LogP contribution in [0.25, 0.3) is 11.1 Å². The Morgan fingerprint density at radius 3 is 2.60 bits per heavy atom. The molecular weight excluding hydrogens is 270 g/mol. The molecule has 1 heterocycles. The van der Waals surface area contributed by atoms with Crippen LogP contribution < -0.4 is 10.1 Å². The van der Waals surface area contributed by atoms with Crippen molar-refractivity contribution in [1.82, 2.24) is 5.32 Å². The van der Waals surface area contributed by atoms with Crippen molar-refractivity contribution < 1.29 is 4.74 Å². The van der Waals surface area contributed by atoms with Gasteiger partial charge in [0.2, 0.25) is 0 Å². The van der Waals surface area contributed by atoms with Crippen LogP contribution in [0.2, 0.25) is 5.02 Å². The highest BCUT2D eigenvalue weighted by atomic mass is 35.5. The normalized spacial score (nSPS) is 21.1. The molecule has 0 radical (unpaired) electrons. The van der Waals surface area contributed by atoms with E-state index in [0.29, 0.717) is 5.02 Å². The maximum absolute atomic E-state index is 6.43. The van der Waals surface area contributed by atoms with Crippen LogP contribution in [-0.4, -0.2) is 13.2 Å². The van der Waals surface area contributed by atoms with Crippen LogP contribution in [-0.2, 0) is 0 Å². The highest BCUT2D eigenvalue weighted by Crippen LogP contribution is 2.42. The molecule has 0 bridgehead atoms. The van der Waals surface area contributed by atoms with Gasteiger partial charge in [0.1, 0.15) is 5.75 Å². The first-order valence-corrected chi connectivity index (χ1v) is 7.29. The Balaban J connectivity index is 2.11. The third kappa shape index (κ3) is 2.41. The molecule has 0 saturated carbocycles. The lowest BCUT2D eigenvalue weighted by molar-refractivity contribution is 0.169. The van der Waals surface area contributed by atoms with Crippen LogP contribution in [0, 0.1) is 0 Å². The van der Waals surface area contributed by atoms with E-state index in [4.69, 9.17) is 16.3 Å². The Labute approximate surface area is 124 Å². The maximum atomic E-state index is 6.43. The Kier molecular flexibility index (Phi) is 3.68. The predicted octanol–water partition coefficient (Wildman–Crippen LogP) is 4.44. The van der Waals surface area contributed by atoms with Crippen molar-refractivity contribution in [1.29, 1.82) is 0 Å². The Morgan fingerprint density at radius 1 is 1.15 bits per heavy atom. The SMILES string of the molecule is CNC1CC(C)Oc2c(Cl)cc(-c3ccccc3)cc21. The van der Waals surface area contributed by atoms with Gasteiger partial charge in [-0.05, 0) is 37.2 Å². The largest absolute Gasteiger partial charge is 0.489 e. The van der Waals surface area contributed by atoms with E-state index in [2.05, 4.69) is 30.4 Å². The van der Waals surface area contributed by atoms with Crippen LogP contribution in [0.1, 0.15) is 24.9 Å². The zero-order valence-electron chi connectivity index (χ0n) is 11.7. The Bertz CT molecular complexity index is 612. The maximum Gasteiger partial charge on any atom is 0.143 e. The van der Waals surface area contributed by atoms with Gasteiger partial charge in [0, 0.05) is 18.0 Å². The Hall–Kier alpha value is -1.51. The lowest BCUT2D eigenvalue weighted by Gasteiger charge is -2.31. The fraction of sp³-hybridized carbons (Fsp3) is 0.294. The van der Waals surface area contributed by atoms with E-state index in [0.717, 1.165) is 23.3 Å². The lowest BCUT2D eigenvalue weighted by atomic mass is 9.93. The van der Waals surface area contributed by atoms with Crippen LogP contribution >= 0.6 is 11.6 Å². The van der Waals surface area contributed by atoms with Gasteiger partial charge in [-0.3, -0.25) is 0 Å². The van der Waals surface area contributed by atoms with E-state index < -0.39 is 0 Å². The van der Waals surface area contributed by atoms with Crippen molar-refractivity contribution in [2.75, 3.05) is 7.05 Å². The second-order valence-corrected chi connectivity index (χ2v) is 5.66. The number of ether oxygens (including phenoxy) is 1. The van der Waals surface area contributed by atoms with Crippen LogP contribution in [0.15, 0.2) is 42.5 Å². The molecule has 0 saturated heterocycles. The minimum Gasteiger partial charge on any atom is -0.489 e. The van der Waals surface area contributed by atoms with Crippen molar-refractivity contribution in [3.8, 4) is 16.9 Å². The molecule has 0 spiro atoms. The average molecular weight is 288 g/mol. The lowest BCUT2D eigenvalue weighted by Crippen LogP contribution is -2.29. The van der Waals surface area contributed by atoms with Crippen molar-refractivity contribution in [3.05, 3.63) is 53.1 Å². The number of nitrogens with one attached hydrogen (secondary N) is 1. The molecule has 0 amide bonds. The molecule has 3 heteroatoms. The molecule has 3 rings (SSSR count). The summed E-state index contributed by atoms with van der Waals surface area (Å²) in [6.07, 6.45) is 1.14. The highest BCUT2D eigenvalue weighted by Gasteiger charge is 2.27. The van der Waals surface area contributed by atoms with Gasteiger partial charge in [-0.25, -0.2) is 0 Å². The van der Waals surface area contributed by atoms with Gasteiger partial charge in [0.25, 0.3) is 0 Å². The number of hydrogen-bond acceptors (Lipinski definition) is 2. The van der Waals surface area contributed by atoms with Crippen molar-refractivity contribution in [2.24, 2.45) is 0 Å². The molecule has 2 aromatic rings. The van der Waals surface area contributed by atoms with E-state index in [1.165, 1.54) is 5.56 Å². The molecule has 0 aromatic heterocycles. The summed E-state index contributed by atoms with van der Waals surface area (Å²) < 4.78 is 5.91. The van der Waals surface area contributed by atoms with Crippen molar-refractivity contribution in [3.63, 3.8) is 0 Å². The van der Waals surface area contributed by atoms with Gasteiger partial charge < -0.3 is 10.1 Å². The van der Waals surface area contributed by atoms with Gasteiger partial charge in [-0.15, -0.1) is 0 Å². The fourth-order valence-electron chi connectivity index (χ4n) is 2.78. The van der Waals surface area contributed by atoms with E-state index >= 15 is 0 Å². The zero-order chi connectivity index (χ0) is 14.1. The van der Waals surface area contributed by atoms with Gasteiger partial charge in [-0.1, -0.05) is 41.9 Å². The van der Waals surface area contributed by atoms with Crippen molar-refractivity contribution >= 4 is 11.6 Å². The quantitative estimate of drug-likeness (QED) is 0.882. The third-order valence-electron chi connectivity index (χ3n) is 3.79. The Morgan fingerprint density at radius 2 is 1.90 bits per heavy atom. The van der Waals surface area contributed by atoms with E-state index in [1.807, 2.05) is 31.3 Å². The summed E-state index contributed by atoms with van der Waals surface area (Å²) in [5.74, 6) is 0.824. The highest BCUT2D eigenvalue weighted by molar-refractivity contribution is 6.32. The first-order chi connectivity index (χ1) is 9.69. The molecule has 2 atom stereocenters. The smallest absolute Gasteiger partial charge is 0.143 e. The molecule has 2 unspecified atom stereocenters. The van der Waals surface area contributed by atoms with Gasteiger partial charge in [0.05, 0.1) is 11.1 Å². The summed E-state index contributed by atoms with van der Waals surface area (Å²) in [6, 6.07) is 14.7. The van der Waals surface area contributed by atoms with E-state index in [9.17, 15) is 0 Å². The molecular formula is C17H18ClNO. The number of rotatable bonds is 2. The van der Waals surface area contributed by atoms with Crippen LogP contribution in [0.5, 0.6) is 5.75 Å². The van der Waals surface area contributed by atoms with Gasteiger partial charge in [-0.2, -0.15) is 0 Å². The van der Waals surface area contributed by atoms with Gasteiger partial charge in [0.15, 0.2) is 0 Å². The topological polar surface area (TPSA) is 21.3 Å². The molecule has 1 aliphatic rings. The summed E-state index contributed by atoms with van der Waals surface area (Å²) >= 11 is 6.43. The predicted molar refractivity (Wildman–Crippen MR) is 83.4 cm³/mol. The number of halogens is 1. The summed E-state index contributed by atoms with van der Waals surface area (Å²) in [5.41, 5.74) is 3.45. The van der Waals surface area contributed by atoms with Crippen LogP contribution in [0.4, 0.5) is 0 Å². The summed E-state index contributed by atoms with van der Waals surface area (Å²) in [4.78, 5) is 0. The third-order valence-corrected chi connectivity index (χ3v) is 4.07. The van der Waals surface area contributed by atoms with Gasteiger partial charge >= 0.3 is 0 Å². The molecule has 1 aliphatic heterocycles. The number of hydrogen-bond donors (Lipinski definition) is 1. The molecule has 1 N–H and O–H groups in total. The molecule has 0 fully saturated rings. The standard InChI is InChI=1S/C17H18ClNO/c1-11-8-16(19-2)14-9-13(10-15(18)17(14)20-11)12-6-4-3-5-7-12/h3-7,9-11,16,19H,8H2,1-2H3.